The van der Waals surface area contributed by atoms with E-state index < -0.39 is 11.4 Å². The standard InChI is InChI=1S/C28H29FN6O3/c29-21-3-1-2-20(15-21)22-7-4-18(14-24(22)36)16-34-12-9-28(8-11-30,10-13-34)35-17-23(25(31)37)26(33-35)32-27(38)19-5-6-19/h1-4,7,14-15,17,19,36H,5-6,8-10,12-13,16H2,(H2,31,37)(H,32,33,38). The summed E-state index contributed by atoms with van der Waals surface area (Å²) in [5.74, 6) is -1.05. The van der Waals surface area contributed by atoms with Gasteiger partial charge < -0.3 is 16.2 Å². The highest BCUT2D eigenvalue weighted by Crippen LogP contribution is 2.37. The summed E-state index contributed by atoms with van der Waals surface area (Å²) >= 11 is 0. The molecule has 1 aromatic heterocycles. The van der Waals surface area contributed by atoms with Crippen molar-refractivity contribution in [3.05, 3.63) is 65.6 Å². The van der Waals surface area contributed by atoms with E-state index in [2.05, 4.69) is 21.4 Å². The van der Waals surface area contributed by atoms with Crippen molar-refractivity contribution in [2.75, 3.05) is 18.4 Å². The number of halogens is 1. The molecule has 4 N–H and O–H groups in total. The topological polar surface area (TPSA) is 137 Å². The second-order valence-electron chi connectivity index (χ2n) is 10.2. The van der Waals surface area contributed by atoms with Gasteiger partial charge in [-0.3, -0.25) is 19.2 Å². The first-order valence-electron chi connectivity index (χ1n) is 12.7. The lowest BCUT2D eigenvalue weighted by molar-refractivity contribution is -0.117. The minimum atomic E-state index is -0.687. The van der Waals surface area contributed by atoms with Gasteiger partial charge in [0.05, 0.1) is 18.0 Å². The number of nitrogens with two attached hydrogens (primary N) is 1. The highest BCUT2D eigenvalue weighted by Gasteiger charge is 2.39. The number of hydrogen-bond donors (Lipinski definition) is 3. The maximum atomic E-state index is 13.6. The Kier molecular flexibility index (Phi) is 6.87. The molecule has 3 aromatic rings. The predicted molar refractivity (Wildman–Crippen MR) is 138 cm³/mol. The van der Waals surface area contributed by atoms with Crippen LogP contribution in [0.3, 0.4) is 0 Å². The summed E-state index contributed by atoms with van der Waals surface area (Å²) in [4.78, 5) is 26.6. The van der Waals surface area contributed by atoms with Crippen molar-refractivity contribution in [2.24, 2.45) is 11.7 Å². The van der Waals surface area contributed by atoms with Crippen molar-refractivity contribution in [3.8, 4) is 22.9 Å². The first kappa shape index (κ1) is 25.4. The number of aromatic nitrogens is 2. The fourth-order valence-corrected chi connectivity index (χ4v) is 5.05. The zero-order valence-corrected chi connectivity index (χ0v) is 20.9. The minimum Gasteiger partial charge on any atom is -0.507 e. The van der Waals surface area contributed by atoms with Gasteiger partial charge in [-0.2, -0.15) is 10.4 Å². The number of phenolic OH excluding ortho intramolecular Hbond substituents is 1. The normalized spacial score (nSPS) is 17.1. The lowest BCUT2D eigenvalue weighted by atomic mass is 9.84. The number of benzene rings is 2. The molecule has 0 spiro atoms. The number of phenols is 1. The number of carbonyl (C=O) groups excluding carboxylic acids is 2. The maximum absolute atomic E-state index is 13.6. The number of nitrogens with zero attached hydrogens (tertiary/aromatic N) is 4. The molecule has 2 amide bonds. The van der Waals surface area contributed by atoms with Gasteiger partial charge in [0.1, 0.15) is 17.1 Å². The molecule has 2 fully saturated rings. The summed E-state index contributed by atoms with van der Waals surface area (Å²) in [6.07, 6.45) is 4.57. The first-order chi connectivity index (χ1) is 18.3. The van der Waals surface area contributed by atoms with Crippen molar-refractivity contribution >= 4 is 17.6 Å². The SMILES string of the molecule is N#CCC1(n2cc(C(N)=O)c(NC(=O)C3CC3)n2)CCN(Cc2ccc(-c3cccc(F)c3)c(O)c2)CC1. The number of anilines is 1. The van der Waals surface area contributed by atoms with Crippen LogP contribution in [0.5, 0.6) is 5.75 Å². The molecule has 196 valence electrons. The molecule has 0 unspecified atom stereocenters. The molecule has 1 aliphatic carbocycles. The molecule has 10 heteroatoms. The predicted octanol–water partition coefficient (Wildman–Crippen LogP) is 3.75. The van der Waals surface area contributed by atoms with Gasteiger partial charge in [-0.15, -0.1) is 0 Å². The number of hydrogen-bond acceptors (Lipinski definition) is 6. The lowest BCUT2D eigenvalue weighted by Crippen LogP contribution is -2.46. The third-order valence-electron chi connectivity index (χ3n) is 7.45. The fourth-order valence-electron chi connectivity index (χ4n) is 5.05. The zero-order chi connectivity index (χ0) is 26.9. The second-order valence-corrected chi connectivity index (χ2v) is 10.2. The third-order valence-corrected chi connectivity index (χ3v) is 7.45. The number of carbonyl (C=O) groups is 2. The molecule has 2 aliphatic rings. The van der Waals surface area contributed by atoms with Gasteiger partial charge >= 0.3 is 0 Å². The van der Waals surface area contributed by atoms with E-state index in [4.69, 9.17) is 5.73 Å². The van der Waals surface area contributed by atoms with Crippen LogP contribution in [0.15, 0.2) is 48.7 Å². The number of aromatic hydroxyl groups is 1. The Morgan fingerprint density at radius 2 is 1.97 bits per heavy atom. The Labute approximate surface area is 219 Å². The van der Waals surface area contributed by atoms with Crippen LogP contribution in [0.2, 0.25) is 0 Å². The number of primary amides is 1. The summed E-state index contributed by atoms with van der Waals surface area (Å²) in [6, 6.07) is 13.8. The van der Waals surface area contributed by atoms with E-state index in [1.54, 1.807) is 35.1 Å². The van der Waals surface area contributed by atoms with Gasteiger partial charge in [0.15, 0.2) is 5.82 Å². The molecule has 5 rings (SSSR count). The van der Waals surface area contributed by atoms with Crippen LogP contribution in [0, 0.1) is 23.1 Å². The summed E-state index contributed by atoms with van der Waals surface area (Å²) in [5.41, 5.74) is 7.14. The zero-order valence-electron chi connectivity index (χ0n) is 20.9. The van der Waals surface area contributed by atoms with Crippen LogP contribution in [-0.4, -0.2) is 44.7 Å². The van der Waals surface area contributed by atoms with Gasteiger partial charge in [-0.1, -0.05) is 24.3 Å². The van der Waals surface area contributed by atoms with Crippen molar-refractivity contribution in [2.45, 2.75) is 44.2 Å². The van der Waals surface area contributed by atoms with E-state index in [1.165, 1.54) is 12.1 Å². The molecule has 0 radical (unpaired) electrons. The quantitative estimate of drug-likeness (QED) is 0.417. The largest absolute Gasteiger partial charge is 0.507 e. The first-order valence-corrected chi connectivity index (χ1v) is 12.7. The Morgan fingerprint density at radius 1 is 1.21 bits per heavy atom. The number of piperidine rings is 1. The number of likely N-dealkylation sites (tertiary alicyclic amines) is 1. The Balaban J connectivity index is 1.30. The number of nitriles is 1. The Morgan fingerprint density at radius 3 is 2.61 bits per heavy atom. The van der Waals surface area contributed by atoms with Crippen molar-refractivity contribution in [3.63, 3.8) is 0 Å². The van der Waals surface area contributed by atoms with Gasteiger partial charge in [-0.25, -0.2) is 4.39 Å². The summed E-state index contributed by atoms with van der Waals surface area (Å²) in [5, 5.41) is 27.4. The van der Waals surface area contributed by atoms with E-state index >= 15 is 0 Å². The number of rotatable bonds is 8. The van der Waals surface area contributed by atoms with Gasteiger partial charge in [0.2, 0.25) is 5.91 Å². The Bertz CT molecular complexity index is 1420. The van der Waals surface area contributed by atoms with Gasteiger partial charge in [0.25, 0.3) is 5.91 Å². The van der Waals surface area contributed by atoms with Gasteiger partial charge in [0, 0.05) is 37.3 Å². The molecule has 9 nitrogen and oxygen atoms in total. The van der Waals surface area contributed by atoms with Crippen LogP contribution in [0.25, 0.3) is 11.1 Å². The van der Waals surface area contributed by atoms with Crippen molar-refractivity contribution in [1.82, 2.24) is 14.7 Å². The fraction of sp³-hybridized carbons (Fsp3) is 0.357. The summed E-state index contributed by atoms with van der Waals surface area (Å²) in [6.45, 7) is 1.90. The molecule has 38 heavy (non-hydrogen) atoms. The van der Waals surface area contributed by atoms with Crippen molar-refractivity contribution < 1.29 is 19.1 Å². The second kappa shape index (κ2) is 10.3. The molecular weight excluding hydrogens is 487 g/mol. The van der Waals surface area contributed by atoms with E-state index in [1.807, 2.05) is 6.07 Å². The van der Waals surface area contributed by atoms with E-state index in [0.29, 0.717) is 43.6 Å². The highest BCUT2D eigenvalue weighted by atomic mass is 19.1. The van der Waals surface area contributed by atoms with E-state index in [9.17, 15) is 24.3 Å². The molecule has 2 heterocycles. The van der Waals surface area contributed by atoms with Crippen LogP contribution in [-0.2, 0) is 16.9 Å². The smallest absolute Gasteiger partial charge is 0.254 e. The van der Waals surface area contributed by atoms with Crippen LogP contribution in [0.4, 0.5) is 10.2 Å². The molecule has 1 saturated carbocycles. The maximum Gasteiger partial charge on any atom is 0.254 e. The summed E-state index contributed by atoms with van der Waals surface area (Å²) < 4.78 is 15.2. The van der Waals surface area contributed by atoms with Crippen LogP contribution >= 0.6 is 0 Å². The molecular formula is C28H29FN6O3. The van der Waals surface area contributed by atoms with Crippen LogP contribution in [0.1, 0.15) is 48.0 Å². The average Bonchev–Trinajstić information content (AvgIpc) is 3.65. The van der Waals surface area contributed by atoms with Crippen molar-refractivity contribution in [1.29, 1.82) is 5.26 Å². The molecule has 0 atom stereocenters. The molecule has 1 saturated heterocycles. The van der Waals surface area contributed by atoms with E-state index in [-0.39, 0.29) is 41.2 Å². The number of amides is 2. The summed E-state index contributed by atoms with van der Waals surface area (Å²) in [7, 11) is 0. The molecule has 0 bridgehead atoms. The highest BCUT2D eigenvalue weighted by molar-refractivity contribution is 6.02. The molecule has 2 aromatic carbocycles. The van der Waals surface area contributed by atoms with Crippen LogP contribution < -0.4 is 11.1 Å². The average molecular weight is 517 g/mol. The van der Waals surface area contributed by atoms with E-state index in [0.717, 1.165) is 18.4 Å². The van der Waals surface area contributed by atoms with Gasteiger partial charge in [-0.05, 0) is 55.0 Å². The monoisotopic (exact) mass is 516 g/mol. The minimum absolute atomic E-state index is 0.0560. The molecule has 1 aliphatic heterocycles. The number of nitrogens with one attached hydrogen (secondary N) is 1. The lowest BCUT2D eigenvalue weighted by Gasteiger charge is -2.40. The Hall–Kier alpha value is -4.23. The third kappa shape index (κ3) is 5.24.